The third kappa shape index (κ3) is 6.01. The second-order valence-electron chi connectivity index (χ2n) is 4.64. The van der Waals surface area contributed by atoms with Crippen LogP contribution in [0.5, 0.6) is 0 Å². The molecular weight excluding hydrogens is 246 g/mol. The van der Waals surface area contributed by atoms with Gasteiger partial charge in [-0.15, -0.1) is 0 Å². The van der Waals surface area contributed by atoms with Crippen molar-refractivity contribution in [2.24, 2.45) is 0 Å². The van der Waals surface area contributed by atoms with Gasteiger partial charge < -0.3 is 4.90 Å². The van der Waals surface area contributed by atoms with Crippen molar-refractivity contribution in [3.8, 4) is 0 Å². The smallest absolute Gasteiger partial charge is 0.145 e. The molecule has 20 heavy (non-hydrogen) atoms. The molecular formula is C18H21NO. The number of anilines is 1. The van der Waals surface area contributed by atoms with Gasteiger partial charge >= 0.3 is 0 Å². The lowest BCUT2D eigenvalue weighted by Crippen LogP contribution is -2.07. The standard InChI is InChI=1S/C18H21NO/c1-16(15-20)9-7-5-4-6-8-10-17-11-13-18(14-12-17)19(2)3/h4-15H,1-3H3/b6-4+,7-5+,10-8+,16-9+. The predicted molar refractivity (Wildman–Crippen MR) is 87.9 cm³/mol. The van der Waals surface area contributed by atoms with Gasteiger partial charge in [-0.2, -0.15) is 0 Å². The molecule has 0 amide bonds. The van der Waals surface area contributed by atoms with Crippen molar-refractivity contribution in [2.45, 2.75) is 6.92 Å². The molecule has 0 aliphatic carbocycles. The Balaban J connectivity index is 2.50. The summed E-state index contributed by atoms with van der Waals surface area (Å²) >= 11 is 0. The largest absolute Gasteiger partial charge is 0.378 e. The highest BCUT2D eigenvalue weighted by molar-refractivity contribution is 5.72. The number of carbonyl (C=O) groups excluding carboxylic acids is 1. The normalized spacial score (nSPS) is 12.7. The molecule has 1 aromatic carbocycles. The minimum Gasteiger partial charge on any atom is -0.378 e. The van der Waals surface area contributed by atoms with E-state index in [2.05, 4.69) is 35.2 Å². The molecule has 0 aromatic heterocycles. The fraction of sp³-hybridized carbons (Fsp3) is 0.167. The molecule has 0 aliphatic heterocycles. The number of benzene rings is 1. The van der Waals surface area contributed by atoms with E-state index in [1.54, 1.807) is 13.0 Å². The van der Waals surface area contributed by atoms with Crippen molar-refractivity contribution in [3.05, 3.63) is 71.9 Å². The number of hydrogen-bond donors (Lipinski definition) is 0. The van der Waals surface area contributed by atoms with Crippen LogP contribution in [0.25, 0.3) is 6.08 Å². The van der Waals surface area contributed by atoms with Crippen molar-refractivity contribution < 1.29 is 4.79 Å². The second kappa shape index (κ2) is 8.70. The summed E-state index contributed by atoms with van der Waals surface area (Å²) in [5.41, 5.74) is 3.07. The van der Waals surface area contributed by atoms with Gasteiger partial charge in [-0.05, 0) is 30.2 Å². The quantitative estimate of drug-likeness (QED) is 0.441. The van der Waals surface area contributed by atoms with Crippen LogP contribution in [0.1, 0.15) is 12.5 Å². The number of allylic oxidation sites excluding steroid dienone is 7. The summed E-state index contributed by atoms with van der Waals surface area (Å²) in [5, 5.41) is 0. The van der Waals surface area contributed by atoms with Crippen LogP contribution < -0.4 is 4.90 Å². The Labute approximate surface area is 121 Å². The minimum atomic E-state index is 0.714. The molecule has 0 radical (unpaired) electrons. The summed E-state index contributed by atoms with van der Waals surface area (Å²) in [7, 11) is 4.06. The van der Waals surface area contributed by atoms with Gasteiger partial charge in [-0.3, -0.25) is 4.79 Å². The van der Waals surface area contributed by atoms with E-state index in [0.717, 1.165) is 6.29 Å². The van der Waals surface area contributed by atoms with E-state index >= 15 is 0 Å². The fourth-order valence-electron chi connectivity index (χ4n) is 1.49. The van der Waals surface area contributed by atoms with Crippen LogP contribution in [0.2, 0.25) is 0 Å². The van der Waals surface area contributed by atoms with E-state index < -0.39 is 0 Å². The van der Waals surface area contributed by atoms with Gasteiger partial charge in [0, 0.05) is 19.8 Å². The summed E-state index contributed by atoms with van der Waals surface area (Å²) < 4.78 is 0. The van der Waals surface area contributed by atoms with Crippen LogP contribution in [0.3, 0.4) is 0 Å². The molecule has 2 heteroatoms. The van der Waals surface area contributed by atoms with Gasteiger partial charge in [-0.1, -0.05) is 54.7 Å². The lowest BCUT2D eigenvalue weighted by atomic mass is 10.2. The third-order valence-electron chi connectivity index (χ3n) is 2.69. The zero-order valence-corrected chi connectivity index (χ0v) is 12.3. The summed E-state index contributed by atoms with van der Waals surface area (Å²) in [6, 6.07) is 8.37. The van der Waals surface area contributed by atoms with E-state index in [-0.39, 0.29) is 0 Å². The first-order chi connectivity index (χ1) is 9.63. The highest BCUT2D eigenvalue weighted by atomic mass is 16.1. The highest BCUT2D eigenvalue weighted by Gasteiger charge is 1.92. The van der Waals surface area contributed by atoms with E-state index in [1.165, 1.54) is 11.3 Å². The molecule has 1 aromatic rings. The maximum absolute atomic E-state index is 10.4. The van der Waals surface area contributed by atoms with Gasteiger partial charge in [0.05, 0.1) is 0 Å². The molecule has 0 unspecified atom stereocenters. The van der Waals surface area contributed by atoms with Gasteiger partial charge in [-0.25, -0.2) is 0 Å². The SMILES string of the molecule is C\C(C=O)=C/C=C/C=C/C=C/c1ccc(N(C)C)cc1. The van der Waals surface area contributed by atoms with E-state index in [1.807, 2.05) is 44.5 Å². The number of nitrogens with zero attached hydrogens (tertiary/aromatic N) is 1. The van der Waals surface area contributed by atoms with Gasteiger partial charge in [0.15, 0.2) is 0 Å². The first kappa shape index (κ1) is 15.7. The Hall–Kier alpha value is -2.35. The molecule has 104 valence electrons. The zero-order chi connectivity index (χ0) is 14.8. The van der Waals surface area contributed by atoms with Crippen LogP contribution >= 0.6 is 0 Å². The average Bonchev–Trinajstić information content (AvgIpc) is 2.46. The Bertz CT molecular complexity index is 531. The number of rotatable bonds is 6. The average molecular weight is 267 g/mol. The molecule has 0 atom stereocenters. The molecule has 0 N–H and O–H groups in total. The third-order valence-corrected chi connectivity index (χ3v) is 2.69. The van der Waals surface area contributed by atoms with Crippen LogP contribution in [0.15, 0.2) is 66.3 Å². The molecule has 0 saturated heterocycles. The van der Waals surface area contributed by atoms with Crippen LogP contribution in [0.4, 0.5) is 5.69 Å². The summed E-state index contributed by atoms with van der Waals surface area (Å²) in [5.74, 6) is 0. The maximum Gasteiger partial charge on any atom is 0.145 e. The Morgan fingerprint density at radius 2 is 1.55 bits per heavy atom. The molecule has 0 heterocycles. The summed E-state index contributed by atoms with van der Waals surface area (Å²) in [6.45, 7) is 1.78. The minimum absolute atomic E-state index is 0.714. The highest BCUT2D eigenvalue weighted by Crippen LogP contribution is 2.13. The monoisotopic (exact) mass is 267 g/mol. The first-order valence-electron chi connectivity index (χ1n) is 6.54. The second-order valence-corrected chi connectivity index (χ2v) is 4.64. The summed E-state index contributed by atoms with van der Waals surface area (Å²) in [6.07, 6.45) is 14.3. The zero-order valence-electron chi connectivity index (χ0n) is 12.3. The Morgan fingerprint density at radius 3 is 2.15 bits per heavy atom. The van der Waals surface area contributed by atoms with Gasteiger partial charge in [0.1, 0.15) is 6.29 Å². The molecule has 0 saturated carbocycles. The van der Waals surface area contributed by atoms with Gasteiger partial charge in [0.2, 0.25) is 0 Å². The van der Waals surface area contributed by atoms with Crippen molar-refractivity contribution in [1.82, 2.24) is 0 Å². The molecule has 0 fully saturated rings. The predicted octanol–water partition coefficient (Wildman–Crippen LogP) is 4.02. The van der Waals surface area contributed by atoms with Crippen molar-refractivity contribution in [3.63, 3.8) is 0 Å². The summed E-state index contributed by atoms with van der Waals surface area (Å²) in [4.78, 5) is 12.4. The van der Waals surface area contributed by atoms with Crippen molar-refractivity contribution >= 4 is 18.0 Å². The number of aldehydes is 1. The molecule has 2 nitrogen and oxygen atoms in total. The van der Waals surface area contributed by atoms with E-state index in [9.17, 15) is 4.79 Å². The van der Waals surface area contributed by atoms with Crippen molar-refractivity contribution in [2.75, 3.05) is 19.0 Å². The maximum atomic E-state index is 10.4. The van der Waals surface area contributed by atoms with E-state index in [0.29, 0.717) is 5.57 Å². The lowest BCUT2D eigenvalue weighted by molar-refractivity contribution is -0.104. The number of carbonyl (C=O) groups is 1. The molecule has 0 aliphatic rings. The molecule has 0 bridgehead atoms. The first-order valence-corrected chi connectivity index (χ1v) is 6.54. The number of hydrogen-bond acceptors (Lipinski definition) is 2. The Kier molecular flexibility index (Phi) is 6.83. The molecule has 0 spiro atoms. The Morgan fingerprint density at radius 1 is 0.950 bits per heavy atom. The molecule has 1 rings (SSSR count). The van der Waals surface area contributed by atoms with Crippen molar-refractivity contribution in [1.29, 1.82) is 0 Å². The lowest BCUT2D eigenvalue weighted by Gasteiger charge is -2.11. The van der Waals surface area contributed by atoms with E-state index in [4.69, 9.17) is 0 Å². The van der Waals surface area contributed by atoms with Gasteiger partial charge in [0.25, 0.3) is 0 Å². The fourth-order valence-corrected chi connectivity index (χ4v) is 1.49. The topological polar surface area (TPSA) is 20.3 Å². The van der Waals surface area contributed by atoms with Crippen LogP contribution in [-0.2, 0) is 4.79 Å². The van der Waals surface area contributed by atoms with Crippen LogP contribution in [-0.4, -0.2) is 20.4 Å². The van der Waals surface area contributed by atoms with Crippen LogP contribution in [0, 0.1) is 0 Å².